The van der Waals surface area contributed by atoms with E-state index in [9.17, 15) is 10.2 Å². The van der Waals surface area contributed by atoms with Crippen molar-refractivity contribution in [3.05, 3.63) is 0 Å². The molecule has 3 aliphatic rings. The third-order valence-corrected chi connectivity index (χ3v) is 5.61. The fourth-order valence-electron chi connectivity index (χ4n) is 4.41. The highest BCUT2D eigenvalue weighted by molar-refractivity contribution is 4.94. The number of rotatable bonds is 3. The molecule has 0 aromatic rings. The maximum absolute atomic E-state index is 10.7. The molecule has 3 atom stereocenters. The summed E-state index contributed by atoms with van der Waals surface area (Å²) in [4.78, 5) is 2.46. The van der Waals surface area contributed by atoms with E-state index in [0.29, 0.717) is 25.2 Å². The fraction of sp³-hybridized carbons (Fsp3) is 1.00. The molecule has 4 heteroatoms. The SMILES string of the molecule is O[C@@H]1CCCC[C@H]1[C@H]1CCCN1CC1(O)CCOCC1. The van der Waals surface area contributed by atoms with Crippen LogP contribution in [0.25, 0.3) is 0 Å². The van der Waals surface area contributed by atoms with E-state index in [0.717, 1.165) is 38.8 Å². The number of ether oxygens (including phenoxy) is 1. The van der Waals surface area contributed by atoms with Crippen LogP contribution in [0.4, 0.5) is 0 Å². The molecule has 1 saturated carbocycles. The lowest BCUT2D eigenvalue weighted by Crippen LogP contribution is -2.51. The Morgan fingerprint density at radius 3 is 2.55 bits per heavy atom. The third-order valence-electron chi connectivity index (χ3n) is 5.61. The smallest absolute Gasteiger partial charge is 0.0818 e. The average molecular weight is 283 g/mol. The predicted octanol–water partition coefficient (Wildman–Crippen LogP) is 1.54. The minimum absolute atomic E-state index is 0.126. The summed E-state index contributed by atoms with van der Waals surface area (Å²) in [7, 11) is 0. The standard InChI is InChI=1S/C16H29NO3/c18-15-6-2-1-4-13(15)14-5-3-9-17(14)12-16(19)7-10-20-11-8-16/h13-15,18-19H,1-12H2/t13-,14+,15+/m0/s1. The molecule has 0 radical (unpaired) electrons. The molecular weight excluding hydrogens is 254 g/mol. The highest BCUT2D eigenvalue weighted by Gasteiger charge is 2.40. The molecule has 1 aliphatic carbocycles. The van der Waals surface area contributed by atoms with Crippen molar-refractivity contribution in [2.24, 2.45) is 5.92 Å². The molecule has 2 N–H and O–H groups in total. The normalized spacial score (nSPS) is 39.0. The Labute approximate surface area is 122 Å². The van der Waals surface area contributed by atoms with Gasteiger partial charge in [0.15, 0.2) is 0 Å². The van der Waals surface area contributed by atoms with Gasteiger partial charge in [-0.05, 0) is 32.2 Å². The van der Waals surface area contributed by atoms with Crippen LogP contribution in [-0.2, 0) is 4.74 Å². The molecule has 3 rings (SSSR count). The van der Waals surface area contributed by atoms with Crippen molar-refractivity contribution in [1.29, 1.82) is 0 Å². The molecule has 0 unspecified atom stereocenters. The number of aliphatic hydroxyl groups is 2. The van der Waals surface area contributed by atoms with Crippen molar-refractivity contribution in [2.45, 2.75) is 69.1 Å². The quantitative estimate of drug-likeness (QED) is 0.825. The molecule has 2 heterocycles. The third kappa shape index (κ3) is 3.19. The predicted molar refractivity (Wildman–Crippen MR) is 77.6 cm³/mol. The first-order valence-electron chi connectivity index (χ1n) is 8.40. The second-order valence-electron chi connectivity index (χ2n) is 7.03. The van der Waals surface area contributed by atoms with Crippen LogP contribution in [-0.4, -0.2) is 59.2 Å². The van der Waals surface area contributed by atoms with E-state index in [4.69, 9.17) is 4.74 Å². The zero-order valence-electron chi connectivity index (χ0n) is 12.5. The van der Waals surface area contributed by atoms with Gasteiger partial charge in [-0.25, -0.2) is 0 Å². The van der Waals surface area contributed by atoms with Gasteiger partial charge >= 0.3 is 0 Å². The summed E-state index contributed by atoms with van der Waals surface area (Å²) in [5, 5.41) is 21.0. The number of β-amino-alcohol motifs (C(OH)–C–C–N with tert-alkyl or cyclic N) is 1. The number of likely N-dealkylation sites (tertiary alicyclic amines) is 1. The Kier molecular flexibility index (Phi) is 4.65. The van der Waals surface area contributed by atoms with Crippen LogP contribution < -0.4 is 0 Å². The molecule has 4 nitrogen and oxygen atoms in total. The zero-order chi connectivity index (χ0) is 14.0. The van der Waals surface area contributed by atoms with Crippen LogP contribution in [0, 0.1) is 5.92 Å². The van der Waals surface area contributed by atoms with Crippen LogP contribution in [0.2, 0.25) is 0 Å². The summed E-state index contributed by atoms with van der Waals surface area (Å²) in [5.41, 5.74) is -0.569. The van der Waals surface area contributed by atoms with Crippen molar-refractivity contribution in [2.75, 3.05) is 26.3 Å². The van der Waals surface area contributed by atoms with Gasteiger partial charge in [-0.1, -0.05) is 12.8 Å². The molecule has 2 aliphatic heterocycles. The van der Waals surface area contributed by atoms with Gasteiger partial charge in [-0.2, -0.15) is 0 Å². The van der Waals surface area contributed by atoms with Crippen LogP contribution in [0.3, 0.4) is 0 Å². The monoisotopic (exact) mass is 283 g/mol. The average Bonchev–Trinajstić information content (AvgIpc) is 2.87. The number of hydrogen-bond donors (Lipinski definition) is 2. The van der Waals surface area contributed by atoms with Crippen molar-refractivity contribution in [3.8, 4) is 0 Å². The van der Waals surface area contributed by atoms with E-state index in [1.54, 1.807) is 0 Å². The van der Waals surface area contributed by atoms with Gasteiger partial charge in [0, 0.05) is 44.6 Å². The van der Waals surface area contributed by atoms with Crippen LogP contribution >= 0.6 is 0 Å². The van der Waals surface area contributed by atoms with E-state index in [2.05, 4.69) is 4.90 Å². The summed E-state index contributed by atoms with van der Waals surface area (Å²) in [6, 6.07) is 0.483. The van der Waals surface area contributed by atoms with Gasteiger partial charge in [0.2, 0.25) is 0 Å². The Morgan fingerprint density at radius 2 is 1.80 bits per heavy atom. The first-order valence-corrected chi connectivity index (χ1v) is 8.40. The van der Waals surface area contributed by atoms with Crippen LogP contribution in [0.5, 0.6) is 0 Å². The summed E-state index contributed by atoms with van der Waals surface area (Å²) >= 11 is 0. The van der Waals surface area contributed by atoms with E-state index in [1.807, 2.05) is 0 Å². The number of hydrogen-bond acceptors (Lipinski definition) is 4. The minimum Gasteiger partial charge on any atom is -0.393 e. The Hall–Kier alpha value is -0.160. The van der Waals surface area contributed by atoms with E-state index in [1.165, 1.54) is 25.7 Å². The first kappa shape index (κ1) is 14.8. The number of aliphatic hydroxyl groups excluding tert-OH is 1. The molecule has 0 amide bonds. The van der Waals surface area contributed by atoms with Gasteiger partial charge in [-0.15, -0.1) is 0 Å². The minimum atomic E-state index is -0.569. The summed E-state index contributed by atoms with van der Waals surface area (Å²) in [5.74, 6) is 0.426. The molecule has 0 aromatic heterocycles. The molecule has 0 bridgehead atoms. The maximum Gasteiger partial charge on any atom is 0.0818 e. The van der Waals surface area contributed by atoms with Gasteiger partial charge < -0.3 is 14.9 Å². The second-order valence-corrected chi connectivity index (χ2v) is 7.03. The molecule has 20 heavy (non-hydrogen) atoms. The van der Waals surface area contributed by atoms with Crippen molar-refractivity contribution in [1.82, 2.24) is 4.90 Å². The molecule has 0 spiro atoms. The Balaban J connectivity index is 1.62. The largest absolute Gasteiger partial charge is 0.393 e. The lowest BCUT2D eigenvalue weighted by Gasteiger charge is -2.41. The van der Waals surface area contributed by atoms with Gasteiger partial charge in [0.05, 0.1) is 11.7 Å². The number of nitrogens with zero attached hydrogens (tertiary/aromatic N) is 1. The Morgan fingerprint density at radius 1 is 1.05 bits per heavy atom. The highest BCUT2D eigenvalue weighted by atomic mass is 16.5. The van der Waals surface area contributed by atoms with Crippen molar-refractivity contribution >= 4 is 0 Å². The maximum atomic E-state index is 10.7. The topological polar surface area (TPSA) is 52.9 Å². The van der Waals surface area contributed by atoms with Crippen molar-refractivity contribution in [3.63, 3.8) is 0 Å². The lowest BCUT2D eigenvalue weighted by molar-refractivity contribution is -0.0885. The van der Waals surface area contributed by atoms with E-state index in [-0.39, 0.29) is 6.10 Å². The van der Waals surface area contributed by atoms with Gasteiger partial charge in [-0.3, -0.25) is 4.90 Å². The summed E-state index contributed by atoms with van der Waals surface area (Å²) in [6.45, 7) is 3.21. The molecule has 0 aromatic carbocycles. The van der Waals surface area contributed by atoms with Crippen LogP contribution in [0.15, 0.2) is 0 Å². The highest BCUT2D eigenvalue weighted by Crippen LogP contribution is 2.36. The second kappa shape index (κ2) is 6.30. The van der Waals surface area contributed by atoms with E-state index >= 15 is 0 Å². The Bertz CT molecular complexity index is 317. The fourth-order valence-corrected chi connectivity index (χ4v) is 4.41. The molecule has 3 fully saturated rings. The first-order chi connectivity index (χ1) is 9.68. The molecule has 116 valence electrons. The van der Waals surface area contributed by atoms with Crippen molar-refractivity contribution < 1.29 is 14.9 Å². The van der Waals surface area contributed by atoms with Gasteiger partial charge in [0.1, 0.15) is 0 Å². The summed E-state index contributed by atoms with van der Waals surface area (Å²) < 4.78 is 5.37. The lowest BCUT2D eigenvalue weighted by atomic mass is 9.80. The van der Waals surface area contributed by atoms with Gasteiger partial charge in [0.25, 0.3) is 0 Å². The molecular formula is C16H29NO3. The van der Waals surface area contributed by atoms with Crippen LogP contribution in [0.1, 0.15) is 51.4 Å². The summed E-state index contributed by atoms with van der Waals surface area (Å²) in [6.07, 6.45) is 8.33. The zero-order valence-corrected chi connectivity index (χ0v) is 12.5. The molecule has 2 saturated heterocycles. The van der Waals surface area contributed by atoms with E-state index < -0.39 is 5.60 Å².